The van der Waals surface area contributed by atoms with Crippen LogP contribution in [0.4, 0.5) is 0 Å². The molecular formula is C53H86O6. The van der Waals surface area contributed by atoms with Crippen molar-refractivity contribution in [1.82, 2.24) is 0 Å². The Hall–Kier alpha value is -3.67. The fraction of sp³-hybridized carbons (Fsp3) is 0.642. The van der Waals surface area contributed by atoms with Crippen molar-refractivity contribution in [3.05, 3.63) is 97.2 Å². The number of rotatable bonds is 41. The average Bonchev–Trinajstić information content (AvgIpc) is 3.23. The van der Waals surface area contributed by atoms with Gasteiger partial charge in [-0.2, -0.15) is 0 Å². The van der Waals surface area contributed by atoms with Crippen LogP contribution >= 0.6 is 0 Å². The van der Waals surface area contributed by atoms with Gasteiger partial charge in [-0.05, 0) is 103 Å². The third-order valence-corrected chi connectivity index (χ3v) is 9.55. The summed E-state index contributed by atoms with van der Waals surface area (Å²) in [6.07, 6.45) is 61.1. The molecule has 0 aromatic heterocycles. The molecule has 0 rings (SSSR count). The van der Waals surface area contributed by atoms with Crippen LogP contribution in [0.2, 0.25) is 0 Å². The van der Waals surface area contributed by atoms with Crippen LogP contribution in [0.5, 0.6) is 0 Å². The van der Waals surface area contributed by atoms with Gasteiger partial charge in [-0.3, -0.25) is 14.4 Å². The minimum atomic E-state index is -0.812. The second kappa shape index (κ2) is 47.0. The van der Waals surface area contributed by atoms with Gasteiger partial charge in [0, 0.05) is 19.3 Å². The van der Waals surface area contributed by atoms with E-state index in [1.165, 1.54) is 38.5 Å². The quantitative estimate of drug-likeness (QED) is 0.0265. The Kier molecular flexibility index (Phi) is 44.1. The maximum Gasteiger partial charge on any atom is 0.306 e. The summed E-state index contributed by atoms with van der Waals surface area (Å²) < 4.78 is 16.6. The predicted molar refractivity (Wildman–Crippen MR) is 251 cm³/mol. The van der Waals surface area contributed by atoms with E-state index in [9.17, 15) is 14.4 Å². The fourth-order valence-corrected chi connectivity index (χ4v) is 6.02. The largest absolute Gasteiger partial charge is 0.462 e. The summed E-state index contributed by atoms with van der Waals surface area (Å²) in [4.78, 5) is 37.8. The predicted octanol–water partition coefficient (Wildman–Crippen LogP) is 15.4. The van der Waals surface area contributed by atoms with Crippen LogP contribution in [0.15, 0.2) is 97.2 Å². The zero-order valence-corrected chi connectivity index (χ0v) is 38.0. The minimum absolute atomic E-state index is 0.108. The Bertz CT molecular complexity index is 1220. The number of hydrogen-bond donors (Lipinski definition) is 0. The van der Waals surface area contributed by atoms with Crippen molar-refractivity contribution in [2.24, 2.45) is 0 Å². The zero-order valence-electron chi connectivity index (χ0n) is 38.0. The third-order valence-electron chi connectivity index (χ3n) is 9.55. The zero-order chi connectivity index (χ0) is 43.0. The molecule has 0 saturated heterocycles. The molecule has 1 unspecified atom stereocenters. The van der Waals surface area contributed by atoms with E-state index in [4.69, 9.17) is 14.2 Å². The molecule has 1 atom stereocenters. The van der Waals surface area contributed by atoms with Gasteiger partial charge in [0.15, 0.2) is 6.10 Å². The van der Waals surface area contributed by atoms with Gasteiger partial charge in [0.05, 0.1) is 0 Å². The van der Waals surface area contributed by atoms with Crippen molar-refractivity contribution in [3.63, 3.8) is 0 Å². The van der Waals surface area contributed by atoms with E-state index in [-0.39, 0.29) is 37.5 Å². The number of allylic oxidation sites excluding steroid dienone is 16. The highest BCUT2D eigenvalue weighted by molar-refractivity contribution is 5.71. The van der Waals surface area contributed by atoms with Crippen molar-refractivity contribution < 1.29 is 28.6 Å². The van der Waals surface area contributed by atoms with Gasteiger partial charge in [-0.25, -0.2) is 0 Å². The molecule has 0 bridgehead atoms. The Morgan fingerprint density at radius 3 is 1.10 bits per heavy atom. The Balaban J connectivity index is 4.42. The van der Waals surface area contributed by atoms with Gasteiger partial charge in [0.1, 0.15) is 13.2 Å². The lowest BCUT2D eigenvalue weighted by Gasteiger charge is -2.18. The van der Waals surface area contributed by atoms with Gasteiger partial charge >= 0.3 is 17.9 Å². The topological polar surface area (TPSA) is 78.9 Å². The van der Waals surface area contributed by atoms with Gasteiger partial charge < -0.3 is 14.2 Å². The normalized spacial score (nSPS) is 12.9. The van der Waals surface area contributed by atoms with Crippen LogP contribution in [0.25, 0.3) is 0 Å². The Morgan fingerprint density at radius 1 is 0.356 bits per heavy atom. The Labute approximate surface area is 362 Å². The molecule has 0 aromatic rings. The first-order chi connectivity index (χ1) is 29.0. The maximum absolute atomic E-state index is 12.7. The molecule has 0 heterocycles. The molecule has 0 spiro atoms. The first kappa shape index (κ1) is 55.3. The molecule has 59 heavy (non-hydrogen) atoms. The smallest absolute Gasteiger partial charge is 0.306 e. The van der Waals surface area contributed by atoms with Crippen LogP contribution in [0.1, 0.15) is 201 Å². The summed E-state index contributed by atoms with van der Waals surface area (Å²) in [5.74, 6) is -0.996. The molecular weight excluding hydrogens is 733 g/mol. The van der Waals surface area contributed by atoms with E-state index in [1.807, 2.05) is 0 Å². The SMILES string of the molecule is CC/C=C\C/C=C\C/C=C\C/C=C\CCCCCCCCC(=O)OCC(COC(=O)CCCCCCC/C=C\CCCC)OC(=O)CCC/C=C\C/C=C\C/C=C\CC. The van der Waals surface area contributed by atoms with E-state index in [0.29, 0.717) is 19.3 Å². The highest BCUT2D eigenvalue weighted by Crippen LogP contribution is 2.12. The molecule has 0 radical (unpaired) electrons. The van der Waals surface area contributed by atoms with Crippen LogP contribution in [-0.4, -0.2) is 37.2 Å². The molecule has 0 aromatic carbocycles. The number of hydrogen-bond acceptors (Lipinski definition) is 6. The van der Waals surface area contributed by atoms with E-state index >= 15 is 0 Å². The Morgan fingerprint density at radius 2 is 0.678 bits per heavy atom. The minimum Gasteiger partial charge on any atom is -0.462 e. The molecule has 6 nitrogen and oxygen atoms in total. The highest BCUT2D eigenvalue weighted by atomic mass is 16.6. The number of unbranched alkanes of at least 4 members (excludes halogenated alkanes) is 14. The van der Waals surface area contributed by atoms with Gasteiger partial charge in [-0.15, -0.1) is 0 Å². The van der Waals surface area contributed by atoms with Crippen molar-refractivity contribution >= 4 is 17.9 Å². The molecule has 0 fully saturated rings. The maximum atomic E-state index is 12.7. The third kappa shape index (κ3) is 45.3. The molecule has 0 saturated carbocycles. The number of esters is 3. The molecule has 334 valence electrons. The summed E-state index contributed by atoms with van der Waals surface area (Å²) in [5.41, 5.74) is 0. The summed E-state index contributed by atoms with van der Waals surface area (Å²) in [6.45, 7) is 6.28. The van der Waals surface area contributed by atoms with E-state index in [1.54, 1.807) is 0 Å². The van der Waals surface area contributed by atoms with Gasteiger partial charge in [-0.1, -0.05) is 176 Å². The lowest BCUT2D eigenvalue weighted by molar-refractivity contribution is -0.167. The number of carbonyl (C=O) groups excluding carboxylic acids is 3. The lowest BCUT2D eigenvalue weighted by Crippen LogP contribution is -2.30. The van der Waals surface area contributed by atoms with Crippen molar-refractivity contribution in [1.29, 1.82) is 0 Å². The molecule has 0 N–H and O–H groups in total. The molecule has 0 aliphatic heterocycles. The second-order valence-corrected chi connectivity index (χ2v) is 15.2. The van der Waals surface area contributed by atoms with Gasteiger partial charge in [0.25, 0.3) is 0 Å². The summed E-state index contributed by atoms with van der Waals surface area (Å²) >= 11 is 0. The van der Waals surface area contributed by atoms with Gasteiger partial charge in [0.2, 0.25) is 0 Å². The van der Waals surface area contributed by atoms with Crippen LogP contribution in [0, 0.1) is 0 Å². The molecule has 0 amide bonds. The molecule has 6 heteroatoms. The summed E-state index contributed by atoms with van der Waals surface area (Å²) in [6, 6.07) is 0. The van der Waals surface area contributed by atoms with Crippen LogP contribution < -0.4 is 0 Å². The number of ether oxygens (including phenoxy) is 3. The lowest BCUT2D eigenvalue weighted by atomic mass is 10.1. The van der Waals surface area contributed by atoms with Crippen molar-refractivity contribution in [2.75, 3.05) is 13.2 Å². The highest BCUT2D eigenvalue weighted by Gasteiger charge is 2.19. The molecule has 0 aliphatic carbocycles. The molecule has 0 aliphatic rings. The standard InChI is InChI=1S/C53H86O6/c1-4-7-10-13-16-19-22-23-24-25-26-27-28-29-32-34-37-40-43-46-52(55)58-49-50(59-53(56)47-44-41-38-35-31-21-18-15-12-9-6-3)48-57-51(54)45-42-39-36-33-30-20-17-14-11-8-5-2/h7,9-10,12,14,16-19,21,23-24,26-27,35,38,50H,4-6,8,11,13,15,20,22,25,28-34,36-37,39-49H2,1-3H3/b10-7-,12-9-,17-14-,19-16-,21-18-,24-23-,27-26-,38-35-. The van der Waals surface area contributed by atoms with E-state index in [2.05, 4.69) is 118 Å². The van der Waals surface area contributed by atoms with Crippen LogP contribution in [0.3, 0.4) is 0 Å². The monoisotopic (exact) mass is 819 g/mol. The van der Waals surface area contributed by atoms with Crippen molar-refractivity contribution in [2.45, 2.75) is 207 Å². The van der Waals surface area contributed by atoms with Crippen LogP contribution in [-0.2, 0) is 28.6 Å². The number of carbonyl (C=O) groups is 3. The van der Waals surface area contributed by atoms with E-state index < -0.39 is 6.10 Å². The second-order valence-electron chi connectivity index (χ2n) is 15.2. The van der Waals surface area contributed by atoms with Crippen molar-refractivity contribution in [3.8, 4) is 0 Å². The fourth-order valence-electron chi connectivity index (χ4n) is 6.02. The summed E-state index contributed by atoms with van der Waals surface area (Å²) in [7, 11) is 0. The summed E-state index contributed by atoms with van der Waals surface area (Å²) in [5, 5.41) is 0. The average molecular weight is 819 g/mol. The first-order valence-corrected chi connectivity index (χ1v) is 23.7. The van der Waals surface area contributed by atoms with E-state index in [0.717, 1.165) is 116 Å². The first-order valence-electron chi connectivity index (χ1n) is 23.7.